The van der Waals surface area contributed by atoms with Gasteiger partial charge in [0.1, 0.15) is 33.8 Å². The van der Waals surface area contributed by atoms with Crippen molar-refractivity contribution in [3.8, 4) is 0 Å². The van der Waals surface area contributed by atoms with Crippen LogP contribution in [0.1, 0.15) is 80.2 Å². The fourth-order valence-electron chi connectivity index (χ4n) is 11.0. The van der Waals surface area contributed by atoms with Crippen molar-refractivity contribution in [2.24, 2.45) is 0 Å². The number of rotatable bonds is 8. The van der Waals surface area contributed by atoms with Gasteiger partial charge in [0.25, 0.3) is 11.8 Å². The first kappa shape index (κ1) is 42.7. The summed E-state index contributed by atoms with van der Waals surface area (Å²) in [6.07, 6.45) is 4.50. The van der Waals surface area contributed by atoms with Crippen molar-refractivity contribution in [2.45, 2.75) is 84.1 Å². The van der Waals surface area contributed by atoms with Crippen molar-refractivity contribution in [2.75, 3.05) is 73.4 Å². The molecule has 1 unspecified atom stereocenters. The lowest BCUT2D eigenvalue weighted by Crippen LogP contribution is -2.54. The third-order valence-corrected chi connectivity index (χ3v) is 13.6. The van der Waals surface area contributed by atoms with Crippen molar-refractivity contribution in [1.29, 1.82) is 0 Å². The minimum absolute atomic E-state index is 0.0873. The number of fused-ring (bicyclic) bond motifs is 10. The van der Waals surface area contributed by atoms with E-state index in [1.165, 1.54) is 0 Å². The second-order valence-corrected chi connectivity index (χ2v) is 19.2. The molecule has 67 heavy (non-hydrogen) atoms. The molecule has 0 spiro atoms. The second kappa shape index (κ2) is 16.4. The molecule has 9 heterocycles. The molecule has 18 nitrogen and oxygen atoms in total. The summed E-state index contributed by atoms with van der Waals surface area (Å²) in [5.41, 5.74) is 10.1. The third kappa shape index (κ3) is 7.15. The normalized spacial score (nSPS) is 21.5. The Balaban J connectivity index is 1.04. The van der Waals surface area contributed by atoms with Crippen molar-refractivity contribution < 1.29 is 9.59 Å². The number of nitrogens with zero attached hydrogens (tertiary/aromatic N) is 11. The van der Waals surface area contributed by atoms with E-state index in [0.717, 1.165) is 77.6 Å². The number of imidazole rings is 2. The number of pyridine rings is 2. The lowest BCUT2D eigenvalue weighted by atomic mass is 9.98. The molecule has 3 fully saturated rings. The predicted octanol–water partition coefficient (Wildman–Crippen LogP) is 5.08. The number of carbonyl (C=O) groups is 2. The fourth-order valence-corrected chi connectivity index (χ4v) is 11.0. The molecule has 346 valence electrons. The third-order valence-electron chi connectivity index (χ3n) is 13.6. The molecule has 8 aromatic rings. The highest BCUT2D eigenvalue weighted by Gasteiger charge is 2.34. The zero-order valence-corrected chi connectivity index (χ0v) is 39.3. The summed E-state index contributed by atoms with van der Waals surface area (Å²) in [6.45, 7) is 17.1. The average molecular weight is 903 g/mol. The van der Waals surface area contributed by atoms with Gasteiger partial charge in [-0.25, -0.2) is 29.9 Å². The van der Waals surface area contributed by atoms with Crippen molar-refractivity contribution in [3.63, 3.8) is 0 Å². The van der Waals surface area contributed by atoms with E-state index < -0.39 is 0 Å². The largest absolute Gasteiger partial charge is 0.385 e. The Morgan fingerprint density at radius 2 is 1.24 bits per heavy atom. The van der Waals surface area contributed by atoms with Crippen LogP contribution in [-0.2, 0) is 0 Å². The van der Waals surface area contributed by atoms with E-state index in [0.29, 0.717) is 63.5 Å². The van der Waals surface area contributed by atoms with Crippen molar-refractivity contribution in [3.05, 3.63) is 71.5 Å². The zero-order chi connectivity index (χ0) is 46.4. The molecule has 6 aromatic heterocycles. The fraction of sp³-hybridized carbons (Fsp3) is 0.429. The Bertz CT molecular complexity index is 3270. The van der Waals surface area contributed by atoms with Gasteiger partial charge in [-0.05, 0) is 77.8 Å². The minimum Gasteiger partial charge on any atom is -0.385 e. The van der Waals surface area contributed by atoms with E-state index in [-0.39, 0.29) is 47.9 Å². The van der Waals surface area contributed by atoms with Gasteiger partial charge in [0, 0.05) is 89.5 Å². The van der Waals surface area contributed by atoms with Gasteiger partial charge >= 0.3 is 0 Å². The lowest BCUT2D eigenvalue weighted by molar-refractivity contribution is 0.0942. The molecule has 5 atom stereocenters. The molecule has 2 amide bonds. The van der Waals surface area contributed by atoms with Gasteiger partial charge in [0.2, 0.25) is 0 Å². The smallest absolute Gasteiger partial charge is 0.257 e. The summed E-state index contributed by atoms with van der Waals surface area (Å²) in [5, 5.41) is 16.6. The van der Waals surface area contributed by atoms with Gasteiger partial charge in [0.05, 0.1) is 45.8 Å². The average Bonchev–Trinajstić information content (AvgIpc) is 4.05. The number of hydrogen-bond donors (Lipinski definition) is 5. The van der Waals surface area contributed by atoms with Crippen molar-refractivity contribution in [1.82, 2.24) is 60.0 Å². The number of benzene rings is 2. The standard InChI is InChI=1S/C49H58N16O2/c1-25(2)54-49(67)38-40(50-7)41-46(59-36(18-52-41)62-20-26(3)55-27(4)21-62)65-35-14-13-30(17-33(35)58-44(38)65)31-15-16-61(24-31)43-39(48(66)51-8)45-57-32-11-9-10-12-34(32)64(45)47-42(43)53-19-37(60-47)63-22-28(5)56-29(6)23-63/h9-14,17-19,25-29,31,50,55-56H,15-16,20-24H2,1-8H3,(H,51,66)(H,54,67)/t26-,27+,28-,29+,31?. The van der Waals surface area contributed by atoms with E-state index in [4.69, 9.17) is 29.9 Å². The van der Waals surface area contributed by atoms with Gasteiger partial charge in [-0.2, -0.15) is 0 Å². The summed E-state index contributed by atoms with van der Waals surface area (Å²) >= 11 is 0. The summed E-state index contributed by atoms with van der Waals surface area (Å²) in [6, 6.07) is 15.4. The van der Waals surface area contributed by atoms with Crippen LogP contribution in [0.15, 0.2) is 54.9 Å². The summed E-state index contributed by atoms with van der Waals surface area (Å²) in [4.78, 5) is 66.3. The number of nitrogens with one attached hydrogen (secondary N) is 5. The maximum atomic E-state index is 14.2. The SMILES string of the molecule is CNC(=O)c1c(N2CCC(c3ccc4c(c3)nc3c(C(=O)NC(C)C)c(NC)c5ncc(N6C[C@@H](C)N[C@@H](C)C6)nc5n34)C2)c2ncc(N3C[C@@H](C)N[C@@H](C)C3)nc2n2c1nc1ccccc12. The topological polar surface area (TPSA) is 190 Å². The molecule has 18 heteroatoms. The van der Waals surface area contributed by atoms with E-state index in [2.05, 4.69) is 87.2 Å². The van der Waals surface area contributed by atoms with Crippen LogP contribution in [0, 0.1) is 0 Å². The quantitative estimate of drug-likeness (QED) is 0.136. The van der Waals surface area contributed by atoms with E-state index in [1.54, 1.807) is 7.05 Å². The molecular weight excluding hydrogens is 845 g/mol. The predicted molar refractivity (Wildman–Crippen MR) is 265 cm³/mol. The first-order valence-corrected chi connectivity index (χ1v) is 23.6. The van der Waals surface area contributed by atoms with Crippen LogP contribution in [0.4, 0.5) is 23.0 Å². The van der Waals surface area contributed by atoms with E-state index in [1.807, 2.05) is 66.4 Å². The molecule has 2 aromatic carbocycles. The number of amides is 2. The molecule has 0 aliphatic carbocycles. The molecule has 3 saturated heterocycles. The maximum Gasteiger partial charge on any atom is 0.257 e. The summed E-state index contributed by atoms with van der Waals surface area (Å²) in [5.74, 6) is 1.18. The van der Waals surface area contributed by atoms with Gasteiger partial charge in [-0.15, -0.1) is 0 Å². The Kier molecular flexibility index (Phi) is 10.5. The Morgan fingerprint density at radius 3 is 1.87 bits per heavy atom. The number of piperazine rings is 2. The zero-order valence-electron chi connectivity index (χ0n) is 39.3. The van der Waals surface area contributed by atoms with E-state index >= 15 is 0 Å². The highest BCUT2D eigenvalue weighted by molar-refractivity contribution is 6.14. The molecule has 3 aliphatic rings. The Morgan fingerprint density at radius 1 is 0.657 bits per heavy atom. The van der Waals surface area contributed by atoms with Crippen LogP contribution in [0.5, 0.6) is 0 Å². The molecule has 0 bridgehead atoms. The van der Waals surface area contributed by atoms with Gasteiger partial charge in [-0.3, -0.25) is 18.4 Å². The highest BCUT2D eigenvalue weighted by Crippen LogP contribution is 2.41. The molecule has 11 rings (SSSR count). The number of carbonyl (C=O) groups excluding carboxylic acids is 2. The number of hydrogen-bond acceptors (Lipinski definition) is 14. The molecule has 0 radical (unpaired) electrons. The van der Waals surface area contributed by atoms with Crippen LogP contribution in [0.25, 0.3) is 55.7 Å². The second-order valence-electron chi connectivity index (χ2n) is 19.2. The van der Waals surface area contributed by atoms with Gasteiger partial charge in [0.15, 0.2) is 22.6 Å². The first-order valence-electron chi connectivity index (χ1n) is 23.6. The number of aromatic nitrogens is 8. The molecule has 5 N–H and O–H groups in total. The van der Waals surface area contributed by atoms with Crippen LogP contribution in [-0.4, -0.2) is 134 Å². The van der Waals surface area contributed by atoms with Gasteiger partial charge < -0.3 is 41.3 Å². The van der Waals surface area contributed by atoms with Gasteiger partial charge in [-0.1, -0.05) is 18.2 Å². The Labute approximate surface area is 387 Å². The van der Waals surface area contributed by atoms with Crippen molar-refractivity contribution >= 4 is 90.5 Å². The van der Waals surface area contributed by atoms with E-state index in [9.17, 15) is 9.59 Å². The summed E-state index contributed by atoms with van der Waals surface area (Å²) in [7, 11) is 3.47. The Hall–Kier alpha value is -6.92. The molecule has 0 saturated carbocycles. The summed E-state index contributed by atoms with van der Waals surface area (Å²) < 4.78 is 4.00. The van der Waals surface area contributed by atoms with Crippen LogP contribution in [0.2, 0.25) is 0 Å². The first-order chi connectivity index (χ1) is 32.4. The minimum atomic E-state index is -0.238. The maximum absolute atomic E-state index is 14.2. The molecule has 3 aliphatic heterocycles. The molecular formula is C49H58N16O2. The number of anilines is 4. The van der Waals surface area contributed by atoms with Crippen LogP contribution < -0.4 is 41.3 Å². The number of para-hydroxylation sites is 2. The van der Waals surface area contributed by atoms with Crippen LogP contribution >= 0.6 is 0 Å². The monoisotopic (exact) mass is 902 g/mol. The highest BCUT2D eigenvalue weighted by atomic mass is 16.2. The van der Waals surface area contributed by atoms with Crippen LogP contribution in [0.3, 0.4) is 0 Å². The lowest BCUT2D eigenvalue weighted by Gasteiger charge is -2.36.